The van der Waals surface area contributed by atoms with E-state index in [1.54, 1.807) is 24.1 Å². The molecule has 1 amide bonds. The highest BCUT2D eigenvalue weighted by molar-refractivity contribution is 7.92. The van der Waals surface area contributed by atoms with Gasteiger partial charge in [-0.3, -0.25) is 14.3 Å². The molecule has 1 aliphatic heterocycles. The Morgan fingerprint density at radius 1 is 0.971 bits per heavy atom. The van der Waals surface area contributed by atoms with Gasteiger partial charge in [0.25, 0.3) is 0 Å². The number of methoxy groups -OCH3 is 1. The molecule has 0 aromatic heterocycles. The lowest BCUT2D eigenvalue weighted by atomic mass is 9.83. The van der Waals surface area contributed by atoms with Gasteiger partial charge in [0.05, 0.1) is 19.8 Å². The van der Waals surface area contributed by atoms with Gasteiger partial charge in [-0.2, -0.15) is 0 Å². The molecule has 1 heterocycles. The minimum atomic E-state index is -3.37. The van der Waals surface area contributed by atoms with Crippen LogP contribution in [0.2, 0.25) is 0 Å². The van der Waals surface area contributed by atoms with Crippen molar-refractivity contribution in [2.45, 2.75) is 39.0 Å². The Hall–Kier alpha value is -3.39. The van der Waals surface area contributed by atoms with E-state index in [4.69, 9.17) is 4.74 Å². The van der Waals surface area contributed by atoms with E-state index in [-0.39, 0.29) is 23.5 Å². The largest absolute Gasteiger partial charge is 0.496 e. The van der Waals surface area contributed by atoms with E-state index >= 15 is 0 Å². The summed E-state index contributed by atoms with van der Waals surface area (Å²) < 4.78 is 31.6. The van der Waals surface area contributed by atoms with E-state index in [0.717, 1.165) is 45.2 Å². The van der Waals surface area contributed by atoms with Gasteiger partial charge in [-0.15, -0.1) is 0 Å². The second-order valence-electron chi connectivity index (χ2n) is 9.99. The fourth-order valence-corrected chi connectivity index (χ4v) is 4.99. The maximum absolute atomic E-state index is 12.7. The number of nitrogens with one attached hydrogen (secondary N) is 1. The Labute approximate surface area is 206 Å². The lowest BCUT2D eigenvalue weighted by molar-refractivity contribution is -0.128. The molecule has 3 aromatic carbocycles. The monoisotopic (exact) mass is 494 g/mol. The Bertz CT molecular complexity index is 1440. The Morgan fingerprint density at radius 3 is 2.29 bits per heavy atom. The first-order chi connectivity index (χ1) is 16.4. The number of Topliss-reactive ketones (excluding diaryl/α,β-unsaturated/α-hetero) is 1. The molecule has 3 aromatic rings. The van der Waals surface area contributed by atoms with Gasteiger partial charge in [0, 0.05) is 35.5 Å². The van der Waals surface area contributed by atoms with Crippen LogP contribution in [0.25, 0.3) is 21.9 Å². The van der Waals surface area contributed by atoms with Gasteiger partial charge in [0.15, 0.2) is 0 Å². The smallest absolute Gasteiger partial charge is 0.234 e. The summed E-state index contributed by atoms with van der Waals surface area (Å²) in [4.78, 5) is 26.2. The van der Waals surface area contributed by atoms with Crippen molar-refractivity contribution in [2.24, 2.45) is 0 Å². The molecule has 35 heavy (non-hydrogen) atoms. The lowest BCUT2D eigenvalue weighted by Gasteiger charge is -2.30. The lowest BCUT2D eigenvalue weighted by Crippen LogP contribution is -2.39. The minimum Gasteiger partial charge on any atom is -0.496 e. The predicted molar refractivity (Wildman–Crippen MR) is 140 cm³/mol. The van der Waals surface area contributed by atoms with Crippen molar-refractivity contribution in [3.05, 3.63) is 54.1 Å². The van der Waals surface area contributed by atoms with Crippen LogP contribution in [0.5, 0.6) is 5.75 Å². The number of amides is 1. The van der Waals surface area contributed by atoms with E-state index in [2.05, 4.69) is 25.5 Å². The van der Waals surface area contributed by atoms with Gasteiger partial charge in [-0.1, -0.05) is 39.0 Å². The highest BCUT2D eigenvalue weighted by atomic mass is 32.2. The first kappa shape index (κ1) is 24.7. The van der Waals surface area contributed by atoms with Crippen LogP contribution in [0, 0.1) is 0 Å². The molecule has 1 N–H and O–H groups in total. The summed E-state index contributed by atoms with van der Waals surface area (Å²) in [6.45, 7) is 6.64. The van der Waals surface area contributed by atoms with E-state index in [1.807, 2.05) is 36.4 Å². The fourth-order valence-electron chi connectivity index (χ4n) is 4.44. The Kier molecular flexibility index (Phi) is 6.36. The molecule has 1 aliphatic rings. The van der Waals surface area contributed by atoms with Crippen molar-refractivity contribution >= 4 is 43.9 Å². The van der Waals surface area contributed by atoms with Gasteiger partial charge in [-0.25, -0.2) is 8.42 Å². The number of ketones is 1. The average Bonchev–Trinajstić information content (AvgIpc) is 2.76. The van der Waals surface area contributed by atoms with Crippen molar-refractivity contribution in [3.8, 4) is 16.9 Å². The fraction of sp³-hybridized carbons (Fsp3) is 0.333. The van der Waals surface area contributed by atoms with E-state index in [9.17, 15) is 18.0 Å². The molecular formula is C27H30N2O5S. The summed E-state index contributed by atoms with van der Waals surface area (Å²) in [5.41, 5.74) is 3.71. The van der Waals surface area contributed by atoms with Crippen molar-refractivity contribution in [3.63, 3.8) is 0 Å². The highest BCUT2D eigenvalue weighted by Gasteiger charge is 2.29. The number of rotatable bonds is 5. The zero-order chi connectivity index (χ0) is 25.5. The first-order valence-corrected chi connectivity index (χ1v) is 13.3. The number of benzene rings is 3. The minimum absolute atomic E-state index is 0.0321. The summed E-state index contributed by atoms with van der Waals surface area (Å²) in [5.74, 6) is 0.508. The second-order valence-corrected chi connectivity index (χ2v) is 11.7. The van der Waals surface area contributed by atoms with Gasteiger partial charge in [-0.05, 0) is 52.1 Å². The van der Waals surface area contributed by atoms with Gasteiger partial charge < -0.3 is 9.64 Å². The van der Waals surface area contributed by atoms with E-state index in [1.165, 1.54) is 0 Å². The number of piperidine rings is 1. The molecule has 0 spiro atoms. The Morgan fingerprint density at radius 2 is 1.66 bits per heavy atom. The number of nitrogens with zero attached hydrogens (tertiary/aromatic N) is 1. The van der Waals surface area contributed by atoms with Crippen LogP contribution in [0.3, 0.4) is 0 Å². The molecule has 0 atom stereocenters. The zero-order valence-corrected chi connectivity index (χ0v) is 21.5. The molecule has 184 valence electrons. The number of hydrogen-bond donors (Lipinski definition) is 1. The number of carbonyl (C=O) groups is 2. The molecule has 7 nitrogen and oxygen atoms in total. The number of ether oxygens (including phenoxy) is 1. The summed E-state index contributed by atoms with van der Waals surface area (Å²) in [6, 6.07) is 15.2. The van der Waals surface area contributed by atoms with Crippen molar-refractivity contribution < 1.29 is 22.7 Å². The first-order valence-electron chi connectivity index (χ1n) is 11.4. The maximum Gasteiger partial charge on any atom is 0.234 e. The van der Waals surface area contributed by atoms with E-state index < -0.39 is 10.0 Å². The zero-order valence-electron chi connectivity index (χ0n) is 20.6. The molecule has 0 bridgehead atoms. The molecule has 1 saturated heterocycles. The van der Waals surface area contributed by atoms with Crippen LogP contribution >= 0.6 is 0 Å². The standard InChI is InChI=1S/C27H30N2O5S/c1-27(2,3)24-15-21(29-11-10-22(30)16-25(29)31)14-23(26(24)34-4)19-7-6-18-13-20(28-35(5,32)33)9-8-17(18)12-19/h6-9,12-15,28H,10-11,16H2,1-5H3. The van der Waals surface area contributed by atoms with Crippen molar-refractivity contribution in [1.82, 2.24) is 0 Å². The predicted octanol–water partition coefficient (Wildman–Crippen LogP) is 4.88. The Balaban J connectivity index is 1.86. The molecule has 0 aliphatic carbocycles. The summed E-state index contributed by atoms with van der Waals surface area (Å²) in [6.07, 6.45) is 1.39. The van der Waals surface area contributed by atoms with Crippen molar-refractivity contribution in [2.75, 3.05) is 29.5 Å². The van der Waals surface area contributed by atoms with Crippen LogP contribution in [-0.4, -0.2) is 40.0 Å². The third-order valence-electron chi connectivity index (χ3n) is 6.12. The topological polar surface area (TPSA) is 92.8 Å². The van der Waals surface area contributed by atoms with Crippen LogP contribution in [0.4, 0.5) is 11.4 Å². The number of anilines is 2. The van der Waals surface area contributed by atoms with Crippen molar-refractivity contribution in [1.29, 1.82) is 0 Å². The number of hydrogen-bond acceptors (Lipinski definition) is 5. The highest BCUT2D eigenvalue weighted by Crippen LogP contribution is 2.43. The molecule has 0 unspecified atom stereocenters. The number of fused-ring (bicyclic) bond motifs is 1. The third kappa shape index (κ3) is 5.32. The van der Waals surface area contributed by atoms with Gasteiger partial charge in [0.1, 0.15) is 11.5 Å². The van der Waals surface area contributed by atoms with Gasteiger partial charge >= 0.3 is 0 Å². The molecule has 1 fully saturated rings. The molecule has 0 saturated carbocycles. The normalized spacial score (nSPS) is 14.9. The molecule has 0 radical (unpaired) electrons. The van der Waals surface area contributed by atoms with E-state index in [0.29, 0.717) is 18.7 Å². The SMILES string of the molecule is COc1c(-c2ccc3cc(NS(C)(=O)=O)ccc3c2)cc(N2CCC(=O)CC2=O)cc1C(C)(C)C. The second kappa shape index (κ2) is 9.00. The average molecular weight is 495 g/mol. The molecular weight excluding hydrogens is 464 g/mol. The molecule has 4 rings (SSSR count). The summed E-state index contributed by atoms with van der Waals surface area (Å²) >= 11 is 0. The summed E-state index contributed by atoms with van der Waals surface area (Å²) in [5, 5.41) is 1.82. The van der Waals surface area contributed by atoms with Crippen LogP contribution in [0.1, 0.15) is 39.2 Å². The summed E-state index contributed by atoms with van der Waals surface area (Å²) in [7, 11) is -1.73. The van der Waals surface area contributed by atoms with Crippen LogP contribution < -0.4 is 14.4 Å². The van der Waals surface area contributed by atoms with Crippen LogP contribution in [0.15, 0.2) is 48.5 Å². The van der Waals surface area contributed by atoms with Gasteiger partial charge in [0.2, 0.25) is 15.9 Å². The number of sulfonamides is 1. The quantitative estimate of drug-likeness (QED) is 0.511. The number of carbonyl (C=O) groups excluding carboxylic acids is 2. The third-order valence-corrected chi connectivity index (χ3v) is 6.72. The molecule has 8 heteroatoms. The van der Waals surface area contributed by atoms with Crippen LogP contribution in [-0.2, 0) is 25.0 Å². The maximum atomic E-state index is 12.7.